The van der Waals surface area contributed by atoms with Crippen molar-refractivity contribution in [2.24, 2.45) is 0 Å². The van der Waals surface area contributed by atoms with Gasteiger partial charge in [-0.25, -0.2) is 4.39 Å². The predicted octanol–water partition coefficient (Wildman–Crippen LogP) is 4.50. The van der Waals surface area contributed by atoms with Gasteiger partial charge in [0.2, 0.25) is 5.82 Å². The minimum atomic E-state index is -1.06. The molecule has 0 aromatic heterocycles. The van der Waals surface area contributed by atoms with E-state index in [4.69, 9.17) is 15.2 Å². The fourth-order valence-corrected chi connectivity index (χ4v) is 2.05. The van der Waals surface area contributed by atoms with Gasteiger partial charge in [-0.2, -0.15) is 4.39 Å². The number of ether oxygens (including phenoxy) is 2. The molecule has 0 heterocycles. The molecular formula is C14H12BrF2NO2. The van der Waals surface area contributed by atoms with Crippen molar-refractivity contribution in [2.45, 2.75) is 6.92 Å². The van der Waals surface area contributed by atoms with Crippen LogP contribution in [0.1, 0.15) is 6.92 Å². The van der Waals surface area contributed by atoms with Crippen molar-refractivity contribution >= 4 is 21.6 Å². The number of hydrogen-bond acceptors (Lipinski definition) is 3. The van der Waals surface area contributed by atoms with Crippen LogP contribution >= 0.6 is 15.9 Å². The van der Waals surface area contributed by atoms with Crippen LogP contribution in [-0.4, -0.2) is 6.61 Å². The monoisotopic (exact) mass is 343 g/mol. The summed E-state index contributed by atoms with van der Waals surface area (Å²) in [6.07, 6.45) is 0. The van der Waals surface area contributed by atoms with Crippen LogP contribution in [0.4, 0.5) is 14.5 Å². The second-order valence-corrected chi connectivity index (χ2v) is 4.89. The molecule has 0 amide bonds. The summed E-state index contributed by atoms with van der Waals surface area (Å²) in [5.74, 6) is -1.52. The first kappa shape index (κ1) is 14.6. The fraction of sp³-hybridized carbons (Fsp3) is 0.143. The van der Waals surface area contributed by atoms with E-state index in [1.807, 2.05) is 6.92 Å². The van der Waals surface area contributed by atoms with Crippen LogP contribution in [0, 0.1) is 11.6 Å². The Morgan fingerprint density at radius 1 is 1.10 bits per heavy atom. The highest BCUT2D eigenvalue weighted by molar-refractivity contribution is 9.10. The average molecular weight is 344 g/mol. The maximum atomic E-state index is 13.6. The summed E-state index contributed by atoms with van der Waals surface area (Å²) in [7, 11) is 0. The normalized spacial score (nSPS) is 10.4. The Hall–Kier alpha value is -1.82. The van der Waals surface area contributed by atoms with Crippen molar-refractivity contribution in [3.8, 4) is 17.2 Å². The van der Waals surface area contributed by atoms with Gasteiger partial charge in [0.05, 0.1) is 6.61 Å². The Morgan fingerprint density at radius 3 is 2.50 bits per heavy atom. The molecule has 2 aromatic rings. The van der Waals surface area contributed by atoms with Crippen molar-refractivity contribution in [3.63, 3.8) is 0 Å². The quantitative estimate of drug-likeness (QED) is 0.656. The van der Waals surface area contributed by atoms with Gasteiger partial charge >= 0.3 is 0 Å². The molecule has 0 aliphatic heterocycles. The number of anilines is 1. The van der Waals surface area contributed by atoms with Crippen molar-refractivity contribution in [3.05, 3.63) is 46.4 Å². The summed E-state index contributed by atoms with van der Waals surface area (Å²) in [4.78, 5) is 0. The standard InChI is InChI=1S/C14H12BrF2NO2/c1-2-19-10-5-9(18)6-11(7-10)20-13-4-8(15)3-12(16)14(13)17/h3-7H,2,18H2,1H3. The number of benzene rings is 2. The summed E-state index contributed by atoms with van der Waals surface area (Å²) in [5.41, 5.74) is 6.11. The Kier molecular flexibility index (Phi) is 4.44. The van der Waals surface area contributed by atoms with Gasteiger partial charge in [0.15, 0.2) is 11.6 Å². The Balaban J connectivity index is 2.34. The fourth-order valence-electron chi connectivity index (χ4n) is 1.64. The van der Waals surface area contributed by atoms with E-state index in [1.54, 1.807) is 12.1 Å². The van der Waals surface area contributed by atoms with Crippen LogP contribution in [0.3, 0.4) is 0 Å². The van der Waals surface area contributed by atoms with Gasteiger partial charge in [0.25, 0.3) is 0 Å². The Bertz CT molecular complexity index is 635. The van der Waals surface area contributed by atoms with Gasteiger partial charge in [0, 0.05) is 28.4 Å². The Morgan fingerprint density at radius 2 is 1.80 bits per heavy atom. The van der Waals surface area contributed by atoms with Gasteiger partial charge in [-0.1, -0.05) is 15.9 Å². The van der Waals surface area contributed by atoms with E-state index in [2.05, 4.69) is 15.9 Å². The maximum Gasteiger partial charge on any atom is 0.201 e. The van der Waals surface area contributed by atoms with Gasteiger partial charge in [-0.15, -0.1) is 0 Å². The summed E-state index contributed by atoms with van der Waals surface area (Å²) in [6.45, 7) is 2.29. The lowest BCUT2D eigenvalue weighted by Gasteiger charge is -2.11. The first-order valence-corrected chi connectivity index (χ1v) is 6.64. The lowest BCUT2D eigenvalue weighted by molar-refractivity contribution is 0.337. The number of nitrogens with two attached hydrogens (primary N) is 1. The molecule has 0 unspecified atom stereocenters. The maximum absolute atomic E-state index is 13.6. The second kappa shape index (κ2) is 6.09. The molecule has 0 saturated heterocycles. The van der Waals surface area contributed by atoms with Gasteiger partial charge in [-0.3, -0.25) is 0 Å². The van der Waals surface area contributed by atoms with Crippen molar-refractivity contribution in [1.29, 1.82) is 0 Å². The van der Waals surface area contributed by atoms with E-state index in [9.17, 15) is 8.78 Å². The van der Waals surface area contributed by atoms with E-state index in [0.29, 0.717) is 22.5 Å². The lowest BCUT2D eigenvalue weighted by atomic mass is 10.2. The van der Waals surface area contributed by atoms with Crippen molar-refractivity contribution in [2.75, 3.05) is 12.3 Å². The molecule has 20 heavy (non-hydrogen) atoms. The third kappa shape index (κ3) is 3.39. The summed E-state index contributed by atoms with van der Waals surface area (Å²) >= 11 is 3.08. The minimum Gasteiger partial charge on any atom is -0.494 e. The third-order valence-corrected chi connectivity index (χ3v) is 2.86. The largest absolute Gasteiger partial charge is 0.494 e. The molecule has 2 aromatic carbocycles. The molecule has 2 rings (SSSR count). The van der Waals surface area contributed by atoms with Crippen molar-refractivity contribution < 1.29 is 18.3 Å². The third-order valence-electron chi connectivity index (χ3n) is 2.40. The van der Waals surface area contributed by atoms with Gasteiger partial charge in [0.1, 0.15) is 11.5 Å². The molecule has 0 spiro atoms. The SMILES string of the molecule is CCOc1cc(N)cc(Oc2cc(Br)cc(F)c2F)c1. The number of hydrogen-bond donors (Lipinski definition) is 1. The highest BCUT2D eigenvalue weighted by Crippen LogP contribution is 2.32. The number of rotatable bonds is 4. The second-order valence-electron chi connectivity index (χ2n) is 3.97. The van der Waals surface area contributed by atoms with E-state index in [0.717, 1.165) is 6.07 Å². The molecule has 3 nitrogen and oxygen atoms in total. The molecule has 2 N–H and O–H groups in total. The highest BCUT2D eigenvalue weighted by atomic mass is 79.9. The summed E-state index contributed by atoms with van der Waals surface area (Å²) in [6, 6.07) is 7.03. The molecule has 0 aliphatic carbocycles. The zero-order valence-corrected chi connectivity index (χ0v) is 12.2. The van der Waals surface area contributed by atoms with Gasteiger partial charge in [-0.05, 0) is 19.1 Å². The highest BCUT2D eigenvalue weighted by Gasteiger charge is 2.13. The molecule has 0 saturated carbocycles. The number of halogens is 3. The topological polar surface area (TPSA) is 44.5 Å². The molecule has 6 heteroatoms. The van der Waals surface area contributed by atoms with Crippen LogP contribution in [0.15, 0.2) is 34.8 Å². The minimum absolute atomic E-state index is 0.232. The molecule has 0 fully saturated rings. The number of nitrogen functional groups attached to an aromatic ring is 1. The molecule has 0 aliphatic rings. The smallest absolute Gasteiger partial charge is 0.201 e. The average Bonchev–Trinajstić information content (AvgIpc) is 2.35. The van der Waals surface area contributed by atoms with E-state index >= 15 is 0 Å². The first-order valence-electron chi connectivity index (χ1n) is 5.85. The van der Waals surface area contributed by atoms with Crippen LogP contribution in [0.5, 0.6) is 17.2 Å². The zero-order valence-electron chi connectivity index (χ0n) is 10.6. The van der Waals surface area contributed by atoms with Crippen LogP contribution in [0.2, 0.25) is 0 Å². The molecule has 106 valence electrons. The Labute approximate surface area is 123 Å². The van der Waals surface area contributed by atoms with Crippen LogP contribution in [-0.2, 0) is 0 Å². The first-order chi connectivity index (χ1) is 9.49. The van der Waals surface area contributed by atoms with Crippen molar-refractivity contribution in [1.82, 2.24) is 0 Å². The van der Waals surface area contributed by atoms with E-state index in [1.165, 1.54) is 12.1 Å². The predicted molar refractivity (Wildman–Crippen MR) is 76.2 cm³/mol. The molecule has 0 radical (unpaired) electrons. The molecule has 0 atom stereocenters. The summed E-state index contributed by atoms with van der Waals surface area (Å²) < 4.78 is 37.9. The van der Waals surface area contributed by atoms with Crippen LogP contribution < -0.4 is 15.2 Å². The van der Waals surface area contributed by atoms with Crippen LogP contribution in [0.25, 0.3) is 0 Å². The molecule has 0 bridgehead atoms. The molecular weight excluding hydrogens is 332 g/mol. The van der Waals surface area contributed by atoms with Gasteiger partial charge < -0.3 is 15.2 Å². The van der Waals surface area contributed by atoms with E-state index < -0.39 is 11.6 Å². The van der Waals surface area contributed by atoms with E-state index in [-0.39, 0.29) is 11.5 Å². The summed E-state index contributed by atoms with van der Waals surface area (Å²) in [5, 5.41) is 0. The zero-order chi connectivity index (χ0) is 14.7. The lowest BCUT2D eigenvalue weighted by Crippen LogP contribution is -1.96.